The number of methoxy groups -OCH3 is 1. The number of rotatable bonds is 10. The van der Waals surface area contributed by atoms with Gasteiger partial charge in [0.1, 0.15) is 11.5 Å². The summed E-state index contributed by atoms with van der Waals surface area (Å²) >= 11 is 1.30. The summed E-state index contributed by atoms with van der Waals surface area (Å²) in [6, 6.07) is 14.3. The van der Waals surface area contributed by atoms with Crippen molar-refractivity contribution in [3.63, 3.8) is 0 Å². The van der Waals surface area contributed by atoms with Crippen LogP contribution in [0.5, 0.6) is 11.5 Å². The molecule has 0 aliphatic carbocycles. The number of anilines is 1. The molecule has 0 aliphatic rings. The Morgan fingerprint density at radius 3 is 2.39 bits per heavy atom. The number of carbonyl (C=O) groups excluding carboxylic acids is 2. The number of nitrogens with zero attached hydrogens (tertiary/aromatic N) is 3. The highest BCUT2D eigenvalue weighted by Gasteiger charge is 2.22. The molecular weight excluding hydrogens is 440 g/mol. The summed E-state index contributed by atoms with van der Waals surface area (Å²) < 4.78 is 13.2. The van der Waals surface area contributed by atoms with E-state index in [1.807, 2.05) is 49.6 Å². The topological polar surface area (TPSA) is 95.3 Å². The molecule has 0 spiro atoms. The first-order valence-electron chi connectivity index (χ1n) is 10.6. The molecule has 9 heteroatoms. The van der Waals surface area contributed by atoms with E-state index in [-0.39, 0.29) is 29.6 Å². The number of amides is 1. The van der Waals surface area contributed by atoms with Crippen molar-refractivity contribution in [2.45, 2.75) is 45.0 Å². The molecule has 1 heterocycles. The van der Waals surface area contributed by atoms with E-state index >= 15 is 0 Å². The van der Waals surface area contributed by atoms with Crippen LogP contribution in [0.3, 0.4) is 0 Å². The van der Waals surface area contributed by atoms with Crippen LogP contribution in [0.2, 0.25) is 0 Å². The van der Waals surface area contributed by atoms with E-state index in [2.05, 4.69) is 15.5 Å². The lowest BCUT2D eigenvalue weighted by molar-refractivity contribution is -0.113. The molecule has 3 rings (SSSR count). The van der Waals surface area contributed by atoms with Gasteiger partial charge in [0.2, 0.25) is 5.91 Å². The number of ether oxygens (including phenoxy) is 2. The second-order valence-electron chi connectivity index (χ2n) is 7.71. The van der Waals surface area contributed by atoms with Crippen molar-refractivity contribution in [1.29, 1.82) is 0 Å². The largest absolute Gasteiger partial charge is 0.497 e. The molecule has 1 unspecified atom stereocenters. The molecule has 0 saturated carbocycles. The van der Waals surface area contributed by atoms with Crippen molar-refractivity contribution in [3.8, 4) is 11.5 Å². The summed E-state index contributed by atoms with van der Waals surface area (Å²) in [4.78, 5) is 24.0. The van der Waals surface area contributed by atoms with E-state index in [4.69, 9.17) is 9.47 Å². The van der Waals surface area contributed by atoms with Crippen molar-refractivity contribution < 1.29 is 19.1 Å². The maximum atomic E-state index is 12.5. The third kappa shape index (κ3) is 6.35. The van der Waals surface area contributed by atoms with Gasteiger partial charge in [-0.05, 0) is 64.1 Å². The lowest BCUT2D eigenvalue weighted by Crippen LogP contribution is -2.16. The molecule has 33 heavy (non-hydrogen) atoms. The number of Topliss-reactive ketones (excluding diaryl/α,β-unsaturated/α-hetero) is 1. The maximum absolute atomic E-state index is 12.5. The Balaban J connectivity index is 1.66. The molecule has 1 amide bonds. The predicted molar refractivity (Wildman–Crippen MR) is 128 cm³/mol. The van der Waals surface area contributed by atoms with Crippen molar-refractivity contribution in [1.82, 2.24) is 14.8 Å². The minimum atomic E-state index is -0.342. The van der Waals surface area contributed by atoms with Crippen molar-refractivity contribution >= 4 is 29.1 Å². The van der Waals surface area contributed by atoms with E-state index in [0.29, 0.717) is 28.0 Å². The molecule has 1 aromatic heterocycles. The number of hydrogen-bond acceptors (Lipinski definition) is 7. The van der Waals surface area contributed by atoms with Gasteiger partial charge in [-0.3, -0.25) is 9.59 Å². The number of thioether (sulfide) groups is 1. The van der Waals surface area contributed by atoms with E-state index in [0.717, 1.165) is 5.75 Å². The molecule has 0 saturated heterocycles. The average Bonchev–Trinajstić information content (AvgIpc) is 3.23. The van der Waals surface area contributed by atoms with Crippen LogP contribution in [0.1, 0.15) is 56.0 Å². The van der Waals surface area contributed by atoms with Gasteiger partial charge in [-0.15, -0.1) is 10.2 Å². The third-order valence-electron chi connectivity index (χ3n) is 4.83. The quantitative estimate of drug-likeness (QED) is 0.332. The van der Waals surface area contributed by atoms with Gasteiger partial charge in [-0.1, -0.05) is 23.9 Å². The first-order valence-corrected chi connectivity index (χ1v) is 11.6. The van der Waals surface area contributed by atoms with E-state index in [9.17, 15) is 9.59 Å². The van der Waals surface area contributed by atoms with E-state index in [1.165, 1.54) is 18.7 Å². The lowest BCUT2D eigenvalue weighted by Gasteiger charge is -2.19. The Bertz CT molecular complexity index is 1110. The summed E-state index contributed by atoms with van der Waals surface area (Å²) in [5.41, 5.74) is 1.14. The standard InChI is InChI=1S/C24H28N4O4S/c1-15(2)28-23(17(4)32-21-11-9-20(31-5)10-12-21)26-27-24(28)33-14-22(30)25-19-8-6-7-18(13-19)16(3)29/h6-13,15,17H,14H2,1-5H3,(H,25,30). The fourth-order valence-electron chi connectivity index (χ4n) is 3.20. The van der Waals surface area contributed by atoms with Crippen LogP contribution < -0.4 is 14.8 Å². The monoisotopic (exact) mass is 468 g/mol. The van der Waals surface area contributed by atoms with Gasteiger partial charge in [-0.25, -0.2) is 0 Å². The highest BCUT2D eigenvalue weighted by molar-refractivity contribution is 7.99. The number of carbonyl (C=O) groups is 2. The number of aromatic nitrogens is 3. The number of hydrogen-bond donors (Lipinski definition) is 1. The van der Waals surface area contributed by atoms with Gasteiger partial charge in [0, 0.05) is 17.3 Å². The first-order chi connectivity index (χ1) is 15.8. The number of benzene rings is 2. The Labute approximate surface area is 197 Å². The summed E-state index contributed by atoms with van der Waals surface area (Å²) in [5, 5.41) is 12.1. The molecule has 0 fully saturated rings. The number of ketones is 1. The Hall–Kier alpha value is -3.33. The summed E-state index contributed by atoms with van der Waals surface area (Å²) in [5.74, 6) is 2.04. The van der Waals surface area contributed by atoms with Crippen molar-refractivity contribution in [3.05, 3.63) is 59.9 Å². The zero-order valence-corrected chi connectivity index (χ0v) is 20.2. The van der Waals surface area contributed by atoms with Gasteiger partial charge in [0.05, 0.1) is 12.9 Å². The van der Waals surface area contributed by atoms with Crippen molar-refractivity contribution in [2.24, 2.45) is 0 Å². The number of nitrogens with one attached hydrogen (secondary N) is 1. The summed E-state index contributed by atoms with van der Waals surface area (Å²) in [6.45, 7) is 7.47. The van der Waals surface area contributed by atoms with Gasteiger partial charge in [-0.2, -0.15) is 0 Å². The van der Waals surface area contributed by atoms with Crippen LogP contribution in [0.25, 0.3) is 0 Å². The van der Waals surface area contributed by atoms with Crippen LogP contribution in [0, 0.1) is 0 Å². The second kappa shape index (κ2) is 11.0. The second-order valence-corrected chi connectivity index (χ2v) is 8.66. The molecule has 0 aliphatic heterocycles. The van der Waals surface area contributed by atoms with Crippen LogP contribution in [0.4, 0.5) is 5.69 Å². The van der Waals surface area contributed by atoms with Gasteiger partial charge in [0.25, 0.3) is 0 Å². The van der Waals surface area contributed by atoms with Gasteiger partial charge in [0.15, 0.2) is 22.9 Å². The van der Waals surface area contributed by atoms with E-state index < -0.39 is 0 Å². The molecule has 174 valence electrons. The molecule has 1 atom stereocenters. The highest BCUT2D eigenvalue weighted by atomic mass is 32.2. The minimum Gasteiger partial charge on any atom is -0.497 e. The molecule has 0 radical (unpaired) electrons. The normalized spacial score (nSPS) is 11.8. The molecular formula is C24H28N4O4S. The van der Waals surface area contributed by atoms with Crippen LogP contribution in [-0.4, -0.2) is 39.3 Å². The highest BCUT2D eigenvalue weighted by Crippen LogP contribution is 2.28. The fourth-order valence-corrected chi connectivity index (χ4v) is 4.08. The van der Waals surface area contributed by atoms with E-state index in [1.54, 1.807) is 31.4 Å². The smallest absolute Gasteiger partial charge is 0.234 e. The fraction of sp³-hybridized carbons (Fsp3) is 0.333. The SMILES string of the molecule is COc1ccc(OC(C)c2nnc(SCC(=O)Nc3cccc(C(C)=O)c3)n2C(C)C)cc1. The Kier molecular flexibility index (Phi) is 8.11. The van der Waals surface area contributed by atoms with Gasteiger partial charge >= 0.3 is 0 Å². The Morgan fingerprint density at radius 1 is 1.06 bits per heavy atom. The zero-order valence-electron chi connectivity index (χ0n) is 19.4. The summed E-state index contributed by atoms with van der Waals surface area (Å²) in [7, 11) is 1.62. The molecule has 3 aromatic rings. The summed E-state index contributed by atoms with van der Waals surface area (Å²) in [6.07, 6.45) is -0.342. The van der Waals surface area contributed by atoms with Gasteiger partial charge < -0.3 is 19.4 Å². The zero-order chi connectivity index (χ0) is 24.0. The predicted octanol–water partition coefficient (Wildman–Crippen LogP) is 4.94. The van der Waals surface area contributed by atoms with Crippen LogP contribution >= 0.6 is 11.8 Å². The molecule has 1 N–H and O–H groups in total. The lowest BCUT2D eigenvalue weighted by atomic mass is 10.1. The molecule has 2 aromatic carbocycles. The minimum absolute atomic E-state index is 0.0518. The molecule has 0 bridgehead atoms. The maximum Gasteiger partial charge on any atom is 0.234 e. The third-order valence-corrected chi connectivity index (χ3v) is 5.77. The molecule has 8 nitrogen and oxygen atoms in total. The Morgan fingerprint density at radius 2 is 1.76 bits per heavy atom. The van der Waals surface area contributed by atoms with Crippen molar-refractivity contribution in [2.75, 3.05) is 18.2 Å². The van der Waals surface area contributed by atoms with Crippen LogP contribution in [-0.2, 0) is 4.79 Å². The average molecular weight is 469 g/mol. The first kappa shape index (κ1) is 24.3. The van der Waals surface area contributed by atoms with Crippen LogP contribution in [0.15, 0.2) is 53.7 Å².